The van der Waals surface area contributed by atoms with Gasteiger partial charge in [-0.15, -0.1) is 0 Å². The standard InChI is InChI=1S/C13H21N3O2/c1-10(2)14-13(18)9-16(4)8-12(17)11-5-6-15(3)7-11/h5-7,10H,8-9H2,1-4H3,(H,14,18). The number of nitrogens with one attached hydrogen (secondary N) is 1. The first-order valence-corrected chi connectivity index (χ1v) is 6.01. The summed E-state index contributed by atoms with van der Waals surface area (Å²) in [4.78, 5) is 25.1. The summed E-state index contributed by atoms with van der Waals surface area (Å²) in [6.45, 7) is 4.30. The molecule has 18 heavy (non-hydrogen) atoms. The van der Waals surface area contributed by atoms with E-state index < -0.39 is 0 Å². The molecule has 0 spiro atoms. The number of hydrogen-bond acceptors (Lipinski definition) is 3. The van der Waals surface area contributed by atoms with Crippen LogP contribution < -0.4 is 5.32 Å². The summed E-state index contributed by atoms with van der Waals surface area (Å²) in [6, 6.07) is 1.90. The third-order valence-corrected chi connectivity index (χ3v) is 2.43. The van der Waals surface area contributed by atoms with E-state index >= 15 is 0 Å². The molecule has 1 N–H and O–H groups in total. The summed E-state index contributed by atoms with van der Waals surface area (Å²) in [7, 11) is 3.64. The summed E-state index contributed by atoms with van der Waals surface area (Å²) in [5.41, 5.74) is 0.675. The fourth-order valence-electron chi connectivity index (χ4n) is 1.67. The molecule has 5 nitrogen and oxygen atoms in total. The summed E-state index contributed by atoms with van der Waals surface area (Å²) in [5.74, 6) is -0.0381. The molecule has 0 aliphatic rings. The normalized spacial score (nSPS) is 11.0. The maximum Gasteiger partial charge on any atom is 0.234 e. The molecule has 0 fully saturated rings. The molecule has 0 saturated heterocycles. The lowest BCUT2D eigenvalue weighted by atomic mass is 10.2. The highest BCUT2D eigenvalue weighted by atomic mass is 16.2. The topological polar surface area (TPSA) is 54.3 Å². The van der Waals surface area contributed by atoms with E-state index in [-0.39, 0.29) is 30.8 Å². The number of aryl methyl sites for hydroxylation is 1. The Kier molecular flexibility index (Phi) is 5.09. The molecule has 0 aliphatic heterocycles. The Morgan fingerprint density at radius 3 is 2.56 bits per heavy atom. The van der Waals surface area contributed by atoms with Gasteiger partial charge >= 0.3 is 0 Å². The second kappa shape index (κ2) is 6.35. The summed E-state index contributed by atoms with van der Waals surface area (Å²) in [6.07, 6.45) is 3.61. The van der Waals surface area contributed by atoms with Crippen LogP contribution in [0.5, 0.6) is 0 Å². The minimum atomic E-state index is -0.0617. The largest absolute Gasteiger partial charge is 0.357 e. The molecule has 0 bridgehead atoms. The van der Waals surface area contributed by atoms with Gasteiger partial charge < -0.3 is 9.88 Å². The molecule has 1 rings (SSSR count). The van der Waals surface area contributed by atoms with Gasteiger partial charge in [-0.2, -0.15) is 0 Å². The molecular weight excluding hydrogens is 230 g/mol. The summed E-state index contributed by atoms with van der Waals surface area (Å²) in [5, 5.41) is 2.79. The van der Waals surface area contributed by atoms with Crippen LogP contribution in [0.15, 0.2) is 18.5 Å². The molecule has 0 atom stereocenters. The first-order valence-electron chi connectivity index (χ1n) is 6.01. The maximum atomic E-state index is 11.9. The number of rotatable bonds is 6. The zero-order valence-electron chi connectivity index (χ0n) is 11.4. The van der Waals surface area contributed by atoms with Crippen molar-refractivity contribution in [3.05, 3.63) is 24.0 Å². The van der Waals surface area contributed by atoms with E-state index in [1.54, 1.807) is 24.2 Å². The molecule has 0 saturated carbocycles. The second-order valence-corrected chi connectivity index (χ2v) is 4.88. The number of aromatic nitrogens is 1. The van der Waals surface area contributed by atoms with Gasteiger partial charge in [-0.25, -0.2) is 0 Å². The lowest BCUT2D eigenvalue weighted by Gasteiger charge is -2.16. The van der Waals surface area contributed by atoms with E-state index in [1.807, 2.05) is 31.7 Å². The van der Waals surface area contributed by atoms with Crippen LogP contribution in [-0.4, -0.2) is 47.3 Å². The van der Waals surface area contributed by atoms with Crippen LogP contribution in [-0.2, 0) is 11.8 Å². The van der Waals surface area contributed by atoms with Gasteiger partial charge in [-0.3, -0.25) is 14.5 Å². The van der Waals surface area contributed by atoms with Gasteiger partial charge in [0.1, 0.15) is 0 Å². The van der Waals surface area contributed by atoms with Gasteiger partial charge in [0.25, 0.3) is 0 Å². The number of hydrogen-bond donors (Lipinski definition) is 1. The number of carbonyl (C=O) groups is 2. The molecule has 0 unspecified atom stereocenters. The van der Waals surface area contributed by atoms with E-state index in [1.165, 1.54) is 0 Å². The second-order valence-electron chi connectivity index (χ2n) is 4.88. The van der Waals surface area contributed by atoms with Crippen molar-refractivity contribution in [2.75, 3.05) is 20.1 Å². The zero-order chi connectivity index (χ0) is 13.7. The van der Waals surface area contributed by atoms with Crippen LogP contribution in [0.25, 0.3) is 0 Å². The molecule has 0 aliphatic carbocycles. The number of nitrogens with zero attached hydrogens (tertiary/aromatic N) is 2. The smallest absolute Gasteiger partial charge is 0.234 e. The lowest BCUT2D eigenvalue weighted by molar-refractivity contribution is -0.122. The third kappa shape index (κ3) is 4.71. The molecule has 100 valence electrons. The van der Waals surface area contributed by atoms with Crippen molar-refractivity contribution in [3.8, 4) is 0 Å². The van der Waals surface area contributed by atoms with Crippen molar-refractivity contribution >= 4 is 11.7 Å². The minimum absolute atomic E-state index is 0.0236. The van der Waals surface area contributed by atoms with Gasteiger partial charge in [0.05, 0.1) is 13.1 Å². The van der Waals surface area contributed by atoms with Crippen LogP contribution >= 0.6 is 0 Å². The Labute approximate surface area is 108 Å². The Morgan fingerprint density at radius 2 is 2.06 bits per heavy atom. The van der Waals surface area contributed by atoms with Crippen molar-refractivity contribution in [2.45, 2.75) is 19.9 Å². The molecule has 1 amide bonds. The van der Waals surface area contributed by atoms with Gasteiger partial charge in [-0.05, 0) is 27.0 Å². The van der Waals surface area contributed by atoms with Crippen LogP contribution in [0.1, 0.15) is 24.2 Å². The molecule has 0 aromatic carbocycles. The van der Waals surface area contributed by atoms with Gasteiger partial charge in [0, 0.05) is 31.0 Å². The molecule has 5 heteroatoms. The van der Waals surface area contributed by atoms with Gasteiger partial charge in [0.15, 0.2) is 5.78 Å². The highest BCUT2D eigenvalue weighted by Gasteiger charge is 2.13. The van der Waals surface area contributed by atoms with Crippen molar-refractivity contribution in [1.29, 1.82) is 0 Å². The number of ketones is 1. The zero-order valence-corrected chi connectivity index (χ0v) is 11.4. The highest BCUT2D eigenvalue weighted by molar-refractivity contribution is 5.97. The van der Waals surface area contributed by atoms with Crippen LogP contribution in [0, 0.1) is 0 Å². The molecule has 1 aromatic rings. The average molecular weight is 251 g/mol. The van der Waals surface area contributed by atoms with E-state index in [0.29, 0.717) is 5.56 Å². The Morgan fingerprint density at radius 1 is 1.39 bits per heavy atom. The molecule has 1 aromatic heterocycles. The number of likely N-dealkylation sites (N-methyl/N-ethyl adjacent to an activating group) is 1. The molecule has 1 heterocycles. The number of carbonyl (C=O) groups excluding carboxylic acids is 2. The average Bonchev–Trinajstić information content (AvgIpc) is 2.62. The van der Waals surface area contributed by atoms with Gasteiger partial charge in [-0.1, -0.05) is 0 Å². The summed E-state index contributed by atoms with van der Waals surface area (Å²) < 4.78 is 1.83. The van der Waals surface area contributed by atoms with Crippen LogP contribution in [0.3, 0.4) is 0 Å². The van der Waals surface area contributed by atoms with E-state index in [0.717, 1.165) is 0 Å². The van der Waals surface area contributed by atoms with Crippen LogP contribution in [0.2, 0.25) is 0 Å². The third-order valence-electron chi connectivity index (χ3n) is 2.43. The predicted octanol–water partition coefficient (Wildman–Crippen LogP) is 0.664. The van der Waals surface area contributed by atoms with Crippen molar-refractivity contribution in [3.63, 3.8) is 0 Å². The summed E-state index contributed by atoms with van der Waals surface area (Å²) >= 11 is 0. The fourth-order valence-corrected chi connectivity index (χ4v) is 1.67. The Hall–Kier alpha value is -1.62. The minimum Gasteiger partial charge on any atom is -0.357 e. The first-order chi connectivity index (χ1) is 8.38. The van der Waals surface area contributed by atoms with Gasteiger partial charge in [0.2, 0.25) is 5.91 Å². The monoisotopic (exact) mass is 251 g/mol. The number of amides is 1. The van der Waals surface area contributed by atoms with Crippen molar-refractivity contribution in [2.24, 2.45) is 7.05 Å². The van der Waals surface area contributed by atoms with E-state index in [4.69, 9.17) is 0 Å². The van der Waals surface area contributed by atoms with Crippen LogP contribution in [0.4, 0.5) is 0 Å². The predicted molar refractivity (Wildman–Crippen MR) is 70.5 cm³/mol. The Balaban J connectivity index is 2.42. The Bertz CT molecular complexity index is 424. The molecule has 0 radical (unpaired) electrons. The SMILES string of the molecule is CC(C)NC(=O)CN(C)CC(=O)c1ccn(C)c1. The first kappa shape index (κ1) is 14.4. The quantitative estimate of drug-likeness (QED) is 0.756. The number of Topliss-reactive ketones (excluding diaryl/α,β-unsaturated/α-hetero) is 1. The van der Waals surface area contributed by atoms with E-state index in [9.17, 15) is 9.59 Å². The van der Waals surface area contributed by atoms with Crippen molar-refractivity contribution in [1.82, 2.24) is 14.8 Å². The fraction of sp³-hybridized carbons (Fsp3) is 0.538. The molecular formula is C13H21N3O2. The van der Waals surface area contributed by atoms with E-state index in [2.05, 4.69) is 5.32 Å². The van der Waals surface area contributed by atoms with Crippen molar-refractivity contribution < 1.29 is 9.59 Å². The highest BCUT2D eigenvalue weighted by Crippen LogP contribution is 2.02. The maximum absolute atomic E-state index is 11.9. The lowest BCUT2D eigenvalue weighted by Crippen LogP contribution is -2.40.